The molecule has 1 fully saturated rings. The van der Waals surface area contributed by atoms with E-state index in [9.17, 15) is 4.79 Å². The lowest BCUT2D eigenvalue weighted by Gasteiger charge is -2.12. The first kappa shape index (κ1) is 14.3. The third-order valence-electron chi connectivity index (χ3n) is 3.32. The van der Waals surface area contributed by atoms with E-state index in [1.165, 1.54) is 0 Å². The SMILES string of the molecule is C=C/C=C(\C=C)Cn1cncc1CN[C@H]1CCNC1=O.[HH]. The second kappa shape index (κ2) is 6.86. The molecule has 0 unspecified atom stereocenters. The summed E-state index contributed by atoms with van der Waals surface area (Å²) < 4.78 is 2.04. The molecule has 1 aromatic heterocycles. The van der Waals surface area contributed by atoms with Gasteiger partial charge in [-0.05, 0) is 12.0 Å². The zero-order chi connectivity index (χ0) is 14.4. The smallest absolute Gasteiger partial charge is 0.237 e. The minimum Gasteiger partial charge on any atom is -0.355 e. The zero-order valence-electron chi connectivity index (χ0n) is 11.5. The maximum Gasteiger partial charge on any atom is 0.237 e. The van der Waals surface area contributed by atoms with Crippen LogP contribution in [-0.4, -0.2) is 28.0 Å². The van der Waals surface area contributed by atoms with Crippen molar-refractivity contribution in [1.82, 2.24) is 20.2 Å². The van der Waals surface area contributed by atoms with Crippen molar-refractivity contribution in [1.29, 1.82) is 0 Å². The van der Waals surface area contributed by atoms with Gasteiger partial charge in [0, 0.05) is 27.3 Å². The van der Waals surface area contributed by atoms with E-state index in [4.69, 9.17) is 0 Å². The van der Waals surface area contributed by atoms with Crippen LogP contribution >= 0.6 is 0 Å². The van der Waals surface area contributed by atoms with Crippen LogP contribution in [0, 0.1) is 0 Å². The zero-order valence-corrected chi connectivity index (χ0v) is 11.5. The van der Waals surface area contributed by atoms with Crippen molar-refractivity contribution in [2.75, 3.05) is 6.54 Å². The Morgan fingerprint density at radius 3 is 3.15 bits per heavy atom. The molecule has 0 aromatic carbocycles. The van der Waals surface area contributed by atoms with Gasteiger partial charge in [-0.3, -0.25) is 4.79 Å². The summed E-state index contributed by atoms with van der Waals surface area (Å²) >= 11 is 0. The minimum absolute atomic E-state index is 0. The number of nitrogens with one attached hydrogen (secondary N) is 2. The number of amides is 1. The highest BCUT2D eigenvalue weighted by Crippen LogP contribution is 2.07. The molecule has 1 atom stereocenters. The Morgan fingerprint density at radius 2 is 2.50 bits per heavy atom. The van der Waals surface area contributed by atoms with Crippen molar-refractivity contribution in [3.05, 3.63) is 55.2 Å². The highest BCUT2D eigenvalue weighted by Gasteiger charge is 2.23. The normalized spacial score (nSPS) is 18.9. The maximum atomic E-state index is 11.5. The molecule has 1 aliphatic heterocycles. The molecule has 20 heavy (non-hydrogen) atoms. The summed E-state index contributed by atoms with van der Waals surface area (Å²) in [4.78, 5) is 15.7. The van der Waals surface area contributed by atoms with E-state index in [-0.39, 0.29) is 13.4 Å². The molecule has 2 rings (SSSR count). The number of hydrogen-bond acceptors (Lipinski definition) is 3. The Kier molecular flexibility index (Phi) is 4.90. The van der Waals surface area contributed by atoms with Gasteiger partial charge in [-0.2, -0.15) is 0 Å². The number of aromatic nitrogens is 2. The van der Waals surface area contributed by atoms with Gasteiger partial charge in [0.25, 0.3) is 0 Å². The summed E-state index contributed by atoms with van der Waals surface area (Å²) in [7, 11) is 0. The first-order chi connectivity index (χ1) is 9.74. The van der Waals surface area contributed by atoms with E-state index in [1.54, 1.807) is 12.4 Å². The molecular weight excluding hydrogens is 252 g/mol. The molecule has 0 aliphatic carbocycles. The molecule has 2 heterocycles. The molecule has 2 N–H and O–H groups in total. The summed E-state index contributed by atoms with van der Waals surface area (Å²) in [6.45, 7) is 9.55. The third kappa shape index (κ3) is 3.45. The molecule has 0 bridgehead atoms. The fraction of sp³-hybridized carbons (Fsp3) is 0.333. The lowest BCUT2D eigenvalue weighted by molar-refractivity contribution is -0.120. The highest BCUT2D eigenvalue weighted by atomic mass is 16.2. The van der Waals surface area contributed by atoms with Crippen LogP contribution in [0.4, 0.5) is 0 Å². The van der Waals surface area contributed by atoms with E-state index in [2.05, 4.69) is 28.8 Å². The summed E-state index contributed by atoms with van der Waals surface area (Å²) in [5.74, 6) is 0.0781. The van der Waals surface area contributed by atoms with Crippen LogP contribution in [0.1, 0.15) is 13.5 Å². The number of hydrogen-bond donors (Lipinski definition) is 2. The molecule has 1 saturated heterocycles. The molecule has 1 aliphatic rings. The molecule has 0 spiro atoms. The Hall–Kier alpha value is -2.14. The molecule has 1 amide bonds. The quantitative estimate of drug-likeness (QED) is 0.739. The fourth-order valence-corrected chi connectivity index (χ4v) is 2.19. The first-order valence-electron chi connectivity index (χ1n) is 6.68. The van der Waals surface area contributed by atoms with Crippen molar-refractivity contribution in [2.24, 2.45) is 0 Å². The average molecular weight is 274 g/mol. The summed E-state index contributed by atoms with van der Waals surface area (Å²) in [6.07, 6.45) is 9.91. The first-order valence-corrected chi connectivity index (χ1v) is 6.68. The van der Waals surface area contributed by atoms with Crippen LogP contribution in [0.3, 0.4) is 0 Å². The highest BCUT2D eigenvalue weighted by molar-refractivity contribution is 5.83. The van der Waals surface area contributed by atoms with E-state index in [0.717, 1.165) is 24.2 Å². The lowest BCUT2D eigenvalue weighted by atomic mass is 10.2. The Labute approximate surface area is 120 Å². The second-order valence-electron chi connectivity index (χ2n) is 4.71. The Bertz CT molecular complexity index is 536. The number of nitrogens with zero attached hydrogens (tertiary/aromatic N) is 2. The van der Waals surface area contributed by atoms with Gasteiger partial charge < -0.3 is 15.2 Å². The van der Waals surface area contributed by atoms with Gasteiger partial charge in [0.15, 0.2) is 0 Å². The van der Waals surface area contributed by atoms with E-state index < -0.39 is 0 Å². The largest absolute Gasteiger partial charge is 0.355 e. The van der Waals surface area contributed by atoms with Crippen molar-refractivity contribution in [3.63, 3.8) is 0 Å². The average Bonchev–Trinajstić information content (AvgIpc) is 3.05. The van der Waals surface area contributed by atoms with Crippen molar-refractivity contribution < 1.29 is 6.22 Å². The van der Waals surface area contributed by atoms with E-state index >= 15 is 0 Å². The predicted octanol–water partition coefficient (Wildman–Crippen LogP) is 1.41. The van der Waals surface area contributed by atoms with Crippen LogP contribution in [-0.2, 0) is 17.9 Å². The fourth-order valence-electron chi connectivity index (χ4n) is 2.19. The monoisotopic (exact) mass is 274 g/mol. The van der Waals surface area contributed by atoms with Gasteiger partial charge >= 0.3 is 0 Å². The van der Waals surface area contributed by atoms with Crippen LogP contribution in [0.25, 0.3) is 0 Å². The van der Waals surface area contributed by atoms with Gasteiger partial charge in [0.1, 0.15) is 0 Å². The van der Waals surface area contributed by atoms with Gasteiger partial charge in [0.05, 0.1) is 18.1 Å². The number of rotatable bonds is 7. The number of imidazole rings is 1. The second-order valence-corrected chi connectivity index (χ2v) is 4.71. The van der Waals surface area contributed by atoms with Crippen LogP contribution in [0.5, 0.6) is 0 Å². The summed E-state index contributed by atoms with van der Waals surface area (Å²) in [5, 5.41) is 6.07. The molecular formula is C15H22N4O. The molecule has 108 valence electrons. The number of allylic oxidation sites excluding steroid dienone is 4. The van der Waals surface area contributed by atoms with Crippen molar-refractivity contribution in [3.8, 4) is 0 Å². The standard InChI is InChI=1S/C15H20N4O.H2/c1-3-5-12(4-2)10-19-11-16-8-13(19)9-18-14-6-7-17-15(14)20;/h3-5,8,11,14,18H,1-2,6-7,9-10H2,(H,17,20);1H/b12-5+;/t14-;/m0./s1. The molecule has 0 saturated carbocycles. The third-order valence-corrected chi connectivity index (χ3v) is 3.32. The van der Waals surface area contributed by atoms with E-state index in [0.29, 0.717) is 13.1 Å². The van der Waals surface area contributed by atoms with Crippen molar-refractivity contribution in [2.45, 2.75) is 25.6 Å². The van der Waals surface area contributed by atoms with Gasteiger partial charge in [-0.25, -0.2) is 4.98 Å². The number of carbonyl (C=O) groups excluding carboxylic acids is 1. The Balaban J connectivity index is 0.00000220. The van der Waals surface area contributed by atoms with Gasteiger partial charge in [-0.15, -0.1) is 0 Å². The molecule has 1 aromatic rings. The topological polar surface area (TPSA) is 59.0 Å². The molecule has 5 heteroatoms. The molecule has 5 nitrogen and oxygen atoms in total. The summed E-state index contributed by atoms with van der Waals surface area (Å²) in [5.41, 5.74) is 2.11. The minimum atomic E-state index is -0.0964. The van der Waals surface area contributed by atoms with Crippen molar-refractivity contribution >= 4 is 5.91 Å². The Morgan fingerprint density at radius 1 is 1.65 bits per heavy atom. The maximum absolute atomic E-state index is 11.5. The van der Waals surface area contributed by atoms with Gasteiger partial charge in [-0.1, -0.05) is 31.4 Å². The van der Waals surface area contributed by atoms with Crippen LogP contribution in [0.15, 0.2) is 49.5 Å². The van der Waals surface area contributed by atoms with E-state index in [1.807, 2.05) is 22.9 Å². The van der Waals surface area contributed by atoms with Crippen LogP contribution < -0.4 is 10.6 Å². The molecule has 0 radical (unpaired) electrons. The van der Waals surface area contributed by atoms with Crippen LogP contribution in [0.2, 0.25) is 0 Å². The summed E-state index contributed by atoms with van der Waals surface area (Å²) in [6, 6.07) is -0.0964. The van der Waals surface area contributed by atoms with Gasteiger partial charge in [0.2, 0.25) is 5.91 Å². The predicted molar refractivity (Wildman–Crippen MR) is 81.1 cm³/mol. The lowest BCUT2D eigenvalue weighted by Crippen LogP contribution is -2.36. The number of carbonyl (C=O) groups is 1.